The Labute approximate surface area is 180 Å². The van der Waals surface area contributed by atoms with Gasteiger partial charge in [-0.2, -0.15) is 5.10 Å². The molecule has 4 rings (SSSR count). The smallest absolute Gasteiger partial charge is 0.257 e. The molecule has 2 amide bonds. The highest BCUT2D eigenvalue weighted by Crippen LogP contribution is 2.24. The van der Waals surface area contributed by atoms with Gasteiger partial charge in [0.05, 0.1) is 17.5 Å². The molecule has 160 valence electrons. The van der Waals surface area contributed by atoms with E-state index < -0.39 is 0 Å². The Morgan fingerprint density at radius 3 is 2.52 bits per heavy atom. The third kappa shape index (κ3) is 4.82. The maximum absolute atomic E-state index is 13.7. The van der Waals surface area contributed by atoms with Crippen LogP contribution in [-0.2, 0) is 11.2 Å². The molecule has 0 bridgehead atoms. The second-order valence-corrected chi connectivity index (χ2v) is 7.72. The van der Waals surface area contributed by atoms with E-state index >= 15 is 0 Å². The van der Waals surface area contributed by atoms with Crippen LogP contribution >= 0.6 is 0 Å². The molecular formula is C24H25FN4O2. The average molecular weight is 420 g/mol. The SMILES string of the molecule is O=C(NCCc1ccccc1F)C1CCN(C(=O)c2cn[nH]c2-c2ccccc2)CC1. The lowest BCUT2D eigenvalue weighted by Gasteiger charge is -2.31. The number of nitrogens with zero attached hydrogens (tertiary/aromatic N) is 2. The van der Waals surface area contributed by atoms with Gasteiger partial charge >= 0.3 is 0 Å². The van der Waals surface area contributed by atoms with Gasteiger partial charge in [-0.3, -0.25) is 14.7 Å². The van der Waals surface area contributed by atoms with Crippen molar-refractivity contribution >= 4 is 11.8 Å². The number of aromatic nitrogens is 2. The van der Waals surface area contributed by atoms with Crippen molar-refractivity contribution in [2.45, 2.75) is 19.3 Å². The summed E-state index contributed by atoms with van der Waals surface area (Å²) in [5, 5.41) is 9.89. The monoisotopic (exact) mass is 420 g/mol. The van der Waals surface area contributed by atoms with E-state index in [0.29, 0.717) is 55.7 Å². The lowest BCUT2D eigenvalue weighted by Crippen LogP contribution is -2.43. The molecule has 0 spiro atoms. The molecule has 7 heteroatoms. The number of nitrogens with one attached hydrogen (secondary N) is 2. The van der Waals surface area contributed by atoms with Crippen LogP contribution in [0.4, 0.5) is 4.39 Å². The van der Waals surface area contributed by atoms with E-state index in [4.69, 9.17) is 0 Å². The minimum atomic E-state index is -0.252. The molecule has 0 atom stereocenters. The number of carbonyl (C=O) groups is 2. The van der Waals surface area contributed by atoms with E-state index in [0.717, 1.165) is 5.56 Å². The summed E-state index contributed by atoms with van der Waals surface area (Å²) in [6, 6.07) is 16.2. The minimum Gasteiger partial charge on any atom is -0.356 e. The van der Waals surface area contributed by atoms with E-state index in [1.54, 1.807) is 29.3 Å². The number of halogens is 1. The lowest BCUT2D eigenvalue weighted by molar-refractivity contribution is -0.126. The molecule has 6 nitrogen and oxygen atoms in total. The van der Waals surface area contributed by atoms with Crippen molar-refractivity contribution in [1.29, 1.82) is 0 Å². The number of likely N-dealkylation sites (tertiary alicyclic amines) is 1. The largest absolute Gasteiger partial charge is 0.356 e. The molecule has 2 aromatic carbocycles. The standard InChI is InChI=1S/C24H25FN4O2/c25-21-9-5-4-6-17(21)10-13-26-23(30)19-11-14-29(15-12-19)24(31)20-16-27-28-22(20)18-7-2-1-3-8-18/h1-9,16,19H,10-15H2,(H,26,30)(H,27,28). The molecule has 1 aliphatic heterocycles. The topological polar surface area (TPSA) is 78.1 Å². The van der Waals surface area contributed by atoms with Crippen LogP contribution in [0.5, 0.6) is 0 Å². The van der Waals surface area contributed by atoms with Crippen LogP contribution in [0.3, 0.4) is 0 Å². The second-order valence-electron chi connectivity index (χ2n) is 7.72. The van der Waals surface area contributed by atoms with Crippen molar-refractivity contribution in [3.8, 4) is 11.3 Å². The fraction of sp³-hybridized carbons (Fsp3) is 0.292. The van der Waals surface area contributed by atoms with E-state index in [-0.39, 0.29) is 23.5 Å². The zero-order valence-electron chi connectivity index (χ0n) is 17.2. The van der Waals surface area contributed by atoms with E-state index in [1.807, 2.05) is 30.3 Å². The fourth-order valence-electron chi connectivity index (χ4n) is 3.95. The van der Waals surface area contributed by atoms with Gasteiger partial charge in [-0.05, 0) is 30.9 Å². The summed E-state index contributed by atoms with van der Waals surface area (Å²) in [6.45, 7) is 1.43. The predicted octanol–water partition coefficient (Wildman–Crippen LogP) is 3.43. The Kier molecular flexibility index (Phi) is 6.40. The number of benzene rings is 2. The first-order valence-electron chi connectivity index (χ1n) is 10.5. The predicted molar refractivity (Wildman–Crippen MR) is 116 cm³/mol. The summed E-state index contributed by atoms with van der Waals surface area (Å²) in [5.74, 6) is -0.497. The summed E-state index contributed by atoms with van der Waals surface area (Å²) in [6.07, 6.45) is 3.23. The van der Waals surface area contributed by atoms with Gasteiger partial charge in [-0.25, -0.2) is 4.39 Å². The number of H-pyrrole nitrogens is 1. The van der Waals surface area contributed by atoms with Gasteiger partial charge in [0.1, 0.15) is 5.82 Å². The third-order valence-corrected chi connectivity index (χ3v) is 5.74. The Balaban J connectivity index is 1.29. The summed E-state index contributed by atoms with van der Waals surface area (Å²) in [7, 11) is 0. The molecule has 2 heterocycles. The maximum Gasteiger partial charge on any atom is 0.257 e. The van der Waals surface area contributed by atoms with Crippen LogP contribution in [0.15, 0.2) is 60.8 Å². The number of carbonyl (C=O) groups excluding carboxylic acids is 2. The number of hydrogen-bond donors (Lipinski definition) is 2. The highest BCUT2D eigenvalue weighted by Gasteiger charge is 2.29. The van der Waals surface area contributed by atoms with Gasteiger partial charge in [0, 0.05) is 31.1 Å². The van der Waals surface area contributed by atoms with Gasteiger partial charge in [0.25, 0.3) is 5.91 Å². The van der Waals surface area contributed by atoms with Crippen LogP contribution in [0, 0.1) is 11.7 Å². The van der Waals surface area contributed by atoms with Crippen LogP contribution < -0.4 is 5.32 Å². The number of piperidine rings is 1. The van der Waals surface area contributed by atoms with Crippen LogP contribution in [-0.4, -0.2) is 46.5 Å². The molecule has 1 aliphatic rings. The number of amides is 2. The van der Waals surface area contributed by atoms with Crippen molar-refractivity contribution < 1.29 is 14.0 Å². The van der Waals surface area contributed by atoms with Crippen molar-refractivity contribution in [3.63, 3.8) is 0 Å². The second kappa shape index (κ2) is 9.55. The summed E-state index contributed by atoms with van der Waals surface area (Å²) in [4.78, 5) is 27.3. The Morgan fingerprint density at radius 1 is 1.06 bits per heavy atom. The lowest BCUT2D eigenvalue weighted by atomic mass is 9.95. The summed E-state index contributed by atoms with van der Waals surface area (Å²) in [5.41, 5.74) is 2.75. The van der Waals surface area contributed by atoms with E-state index in [9.17, 15) is 14.0 Å². The minimum absolute atomic E-state index is 0.0308. The molecule has 0 radical (unpaired) electrons. The molecule has 3 aromatic rings. The molecule has 0 saturated carbocycles. The van der Waals surface area contributed by atoms with Crippen molar-refractivity contribution in [1.82, 2.24) is 20.4 Å². The van der Waals surface area contributed by atoms with Crippen molar-refractivity contribution in [2.75, 3.05) is 19.6 Å². The number of rotatable bonds is 6. The first-order chi connectivity index (χ1) is 15.1. The summed E-state index contributed by atoms with van der Waals surface area (Å²) >= 11 is 0. The first kappa shape index (κ1) is 20.8. The third-order valence-electron chi connectivity index (χ3n) is 5.74. The average Bonchev–Trinajstić information content (AvgIpc) is 3.30. The van der Waals surface area contributed by atoms with E-state index in [1.165, 1.54) is 6.07 Å². The zero-order valence-corrected chi connectivity index (χ0v) is 17.2. The Bertz CT molecular complexity index is 1040. The maximum atomic E-state index is 13.7. The normalized spacial score (nSPS) is 14.4. The van der Waals surface area contributed by atoms with Crippen molar-refractivity contribution in [2.24, 2.45) is 5.92 Å². The molecule has 1 saturated heterocycles. The Morgan fingerprint density at radius 2 is 1.77 bits per heavy atom. The zero-order chi connectivity index (χ0) is 21.6. The van der Waals surface area contributed by atoms with Gasteiger partial charge in [-0.1, -0.05) is 48.5 Å². The summed E-state index contributed by atoms with van der Waals surface area (Å²) < 4.78 is 13.7. The molecule has 0 aliphatic carbocycles. The number of hydrogen-bond acceptors (Lipinski definition) is 3. The van der Waals surface area contributed by atoms with Gasteiger partial charge in [0.15, 0.2) is 0 Å². The van der Waals surface area contributed by atoms with Crippen LogP contribution in [0.2, 0.25) is 0 Å². The highest BCUT2D eigenvalue weighted by molar-refractivity contribution is 5.99. The van der Waals surface area contributed by atoms with Crippen molar-refractivity contribution in [3.05, 3.63) is 77.7 Å². The molecule has 31 heavy (non-hydrogen) atoms. The van der Waals surface area contributed by atoms with Crippen LogP contribution in [0.1, 0.15) is 28.8 Å². The van der Waals surface area contributed by atoms with Gasteiger partial charge < -0.3 is 10.2 Å². The molecule has 1 fully saturated rings. The first-order valence-corrected chi connectivity index (χ1v) is 10.5. The highest BCUT2D eigenvalue weighted by atomic mass is 19.1. The number of aromatic amines is 1. The quantitative estimate of drug-likeness (QED) is 0.641. The molecule has 2 N–H and O–H groups in total. The fourth-order valence-corrected chi connectivity index (χ4v) is 3.95. The van der Waals surface area contributed by atoms with Gasteiger partial charge in [-0.15, -0.1) is 0 Å². The molecule has 0 unspecified atom stereocenters. The van der Waals surface area contributed by atoms with Gasteiger partial charge in [0.2, 0.25) is 5.91 Å². The van der Waals surface area contributed by atoms with E-state index in [2.05, 4.69) is 15.5 Å². The Hall–Kier alpha value is -3.48. The van der Waals surface area contributed by atoms with Crippen LogP contribution in [0.25, 0.3) is 11.3 Å². The molecular weight excluding hydrogens is 395 g/mol. The molecule has 1 aromatic heterocycles.